The van der Waals surface area contributed by atoms with Crippen LogP contribution < -0.4 is 0 Å². The Labute approximate surface area is 49.2 Å². The zero-order chi connectivity index (χ0) is 3.58. The predicted molar refractivity (Wildman–Crippen MR) is 10.9 cm³/mol. The van der Waals surface area contributed by atoms with Gasteiger partial charge < -0.3 is 0 Å². The Morgan fingerprint density at radius 2 is 1.40 bits per heavy atom. The van der Waals surface area contributed by atoms with E-state index in [1.54, 1.807) is 0 Å². The van der Waals surface area contributed by atoms with Crippen molar-refractivity contribution in [2.45, 2.75) is 0 Å². The molecule has 0 aliphatic rings. The van der Waals surface area contributed by atoms with Crippen LogP contribution in [0, 0.1) is 0 Å². The Balaban J connectivity index is 0. The first-order valence-corrected chi connectivity index (χ1v) is 2.76. The zero-order valence-corrected chi connectivity index (χ0v) is 5.21. The second kappa shape index (κ2) is 4.98. The van der Waals surface area contributed by atoms with E-state index in [-0.39, 0.29) is 22.4 Å². The molecule has 37 valence electrons. The van der Waals surface area contributed by atoms with Crippen molar-refractivity contribution in [3.05, 3.63) is 0 Å². The van der Waals surface area contributed by atoms with Gasteiger partial charge in [0.2, 0.25) is 0 Å². The van der Waals surface area contributed by atoms with E-state index in [2.05, 4.69) is 0 Å². The van der Waals surface area contributed by atoms with Gasteiger partial charge in [0.1, 0.15) is 0 Å². The smallest absolute Gasteiger partial charge is 0 e. The van der Waals surface area contributed by atoms with Crippen LogP contribution in [0.2, 0.25) is 0 Å². The van der Waals surface area contributed by atoms with Crippen molar-refractivity contribution in [1.82, 2.24) is 0 Å². The molecule has 0 atom stereocenters. The molecule has 0 fully saturated rings. The molecule has 0 rings (SSSR count). The van der Waals surface area contributed by atoms with Gasteiger partial charge in [-0.05, 0) is 0 Å². The zero-order valence-electron chi connectivity index (χ0n) is 2.01. The van der Waals surface area contributed by atoms with Crippen molar-refractivity contribution in [3.63, 3.8) is 0 Å². The molecule has 0 unspecified atom stereocenters. The predicted octanol–water partition coefficient (Wildman–Crippen LogP) is -1.62. The van der Waals surface area contributed by atoms with Crippen LogP contribution in [0.4, 0.5) is 0 Å². The maximum Gasteiger partial charge on any atom is 0 e. The topological polar surface area (TPSA) is 57.5 Å². The van der Waals surface area contributed by atoms with Crippen molar-refractivity contribution in [1.29, 1.82) is 0 Å². The van der Waals surface area contributed by atoms with Gasteiger partial charge in [0.05, 0.1) is 0 Å². The van der Waals surface area contributed by atoms with E-state index >= 15 is 0 Å². The molecule has 5 heteroatoms. The summed E-state index contributed by atoms with van der Waals surface area (Å²) in [7, 11) is 0. The first-order chi connectivity index (χ1) is 1.73. The van der Waals surface area contributed by atoms with Gasteiger partial charge in [0.15, 0.2) is 0 Å². The van der Waals surface area contributed by atoms with Crippen molar-refractivity contribution in [2.24, 2.45) is 0 Å². The quantitative estimate of drug-likeness (QED) is 0.498. The van der Waals surface area contributed by atoms with E-state index < -0.39 is 14.5 Å². The monoisotopic (exact) mass is 237 g/mol. The fourth-order valence-electron chi connectivity index (χ4n) is 0. The molecule has 0 saturated carbocycles. The van der Waals surface area contributed by atoms with Crippen LogP contribution in [-0.4, -0.2) is 22.9 Å². The second-order valence-electron chi connectivity index (χ2n) is 0.231. The van der Waals surface area contributed by atoms with Crippen molar-refractivity contribution in [2.75, 3.05) is 0 Å². The maximum atomic E-state index is 8.76. The van der Waals surface area contributed by atoms with Crippen LogP contribution >= 0.6 is 0 Å². The van der Waals surface area contributed by atoms with E-state index in [4.69, 9.17) is 12.2 Å². The first kappa shape index (κ1) is 9.36. The Bertz CT molecular complexity index is 29.9. The molecular formula is H2AgO3Se. The molecule has 3 nitrogen and oxygen atoms in total. The van der Waals surface area contributed by atoms with Gasteiger partial charge in [-0.2, -0.15) is 0 Å². The fourth-order valence-corrected chi connectivity index (χ4v) is 0. The summed E-state index contributed by atoms with van der Waals surface area (Å²) in [6.07, 6.45) is 0. The average molecular weight is 237 g/mol. The first-order valence-electron chi connectivity index (χ1n) is 0.532. The molecule has 0 spiro atoms. The van der Waals surface area contributed by atoms with E-state index in [9.17, 15) is 0 Å². The standard InChI is InChI=1S/Ag.H2O3Se/c;1-4(2)3/h;(H2,1,2,3). The summed E-state index contributed by atoms with van der Waals surface area (Å²) in [4.78, 5) is 0. The van der Waals surface area contributed by atoms with Gasteiger partial charge in [0, 0.05) is 22.4 Å². The van der Waals surface area contributed by atoms with Gasteiger partial charge in [-0.1, -0.05) is 0 Å². The Kier molecular flexibility index (Phi) is 9.32. The summed E-state index contributed by atoms with van der Waals surface area (Å²) in [5, 5.41) is 0. The van der Waals surface area contributed by atoms with Gasteiger partial charge in [-0.3, -0.25) is 0 Å². The molecule has 0 heterocycles. The van der Waals surface area contributed by atoms with Crippen LogP contribution in [0.3, 0.4) is 0 Å². The molecule has 0 aliphatic heterocycles. The van der Waals surface area contributed by atoms with Gasteiger partial charge in [-0.25, -0.2) is 0 Å². The summed E-state index contributed by atoms with van der Waals surface area (Å²) in [5.74, 6) is 0. The molecular weight excluding hydrogens is 235 g/mol. The van der Waals surface area contributed by atoms with E-state index in [1.165, 1.54) is 0 Å². The van der Waals surface area contributed by atoms with Crippen LogP contribution in [0.5, 0.6) is 0 Å². The molecule has 0 aromatic rings. The fraction of sp³-hybridized carbons (Fsp3) is 0. The van der Waals surface area contributed by atoms with E-state index in [1.807, 2.05) is 0 Å². The molecule has 0 aliphatic carbocycles. The van der Waals surface area contributed by atoms with E-state index in [0.29, 0.717) is 0 Å². The van der Waals surface area contributed by atoms with Crippen LogP contribution in [0.1, 0.15) is 0 Å². The van der Waals surface area contributed by atoms with Crippen molar-refractivity contribution in [3.8, 4) is 0 Å². The third-order valence-electron chi connectivity index (χ3n) is 0. The minimum absolute atomic E-state index is 0. The molecule has 0 bridgehead atoms. The Hall–Kier alpha value is 0.980. The van der Waals surface area contributed by atoms with Crippen molar-refractivity contribution >= 4 is 14.5 Å². The molecule has 0 saturated heterocycles. The molecule has 1 radical (unpaired) electrons. The summed E-state index contributed by atoms with van der Waals surface area (Å²) >= 11 is -3.29. The van der Waals surface area contributed by atoms with Crippen LogP contribution in [0.15, 0.2) is 0 Å². The van der Waals surface area contributed by atoms with Gasteiger partial charge >= 0.3 is 26.7 Å². The summed E-state index contributed by atoms with van der Waals surface area (Å²) < 4.78 is 23.1. The summed E-state index contributed by atoms with van der Waals surface area (Å²) in [5.41, 5.74) is 0. The van der Waals surface area contributed by atoms with Crippen LogP contribution in [-0.2, 0) is 26.2 Å². The minimum Gasteiger partial charge on any atom is 0 e. The molecule has 0 amide bonds. The van der Waals surface area contributed by atoms with Crippen molar-refractivity contribution < 1.29 is 34.6 Å². The molecule has 0 aromatic carbocycles. The third-order valence-corrected chi connectivity index (χ3v) is 0. The maximum absolute atomic E-state index is 8.76. The Morgan fingerprint density at radius 1 is 1.40 bits per heavy atom. The largest absolute Gasteiger partial charge is 0 e. The summed E-state index contributed by atoms with van der Waals surface area (Å²) in [6, 6.07) is 0. The minimum atomic E-state index is -3.29. The van der Waals surface area contributed by atoms with E-state index in [0.717, 1.165) is 0 Å². The normalized spacial score (nSPS) is 7.00. The average Bonchev–Trinajstić information content (AvgIpc) is 0.811. The third kappa shape index (κ3) is 46.1. The number of hydrogen-bond donors (Lipinski definition) is 2. The molecule has 2 N–H and O–H groups in total. The SMILES string of the molecule is O=[Se](O)O.[Ag]. The van der Waals surface area contributed by atoms with Crippen LogP contribution in [0.25, 0.3) is 0 Å². The Morgan fingerprint density at radius 3 is 1.40 bits per heavy atom. The number of rotatable bonds is 0. The second-order valence-corrected chi connectivity index (χ2v) is 1.20. The summed E-state index contributed by atoms with van der Waals surface area (Å²) in [6.45, 7) is 0. The molecule has 5 heavy (non-hydrogen) atoms. The molecule has 0 aromatic heterocycles. The number of hydrogen-bond acceptors (Lipinski definition) is 1. The van der Waals surface area contributed by atoms with Gasteiger partial charge in [-0.15, -0.1) is 0 Å². The van der Waals surface area contributed by atoms with Gasteiger partial charge in [0.25, 0.3) is 0 Å².